The van der Waals surface area contributed by atoms with Crippen molar-refractivity contribution in [3.05, 3.63) is 90.0 Å². The highest BCUT2D eigenvalue weighted by Crippen LogP contribution is 2.37. The lowest BCUT2D eigenvalue weighted by Gasteiger charge is -2.18. The number of thioether (sulfide) groups is 1. The Morgan fingerprint density at radius 1 is 0.879 bits per heavy atom. The number of carbonyl (C=O) groups excluding carboxylic acids is 3. The van der Waals surface area contributed by atoms with Crippen molar-refractivity contribution in [3.63, 3.8) is 0 Å². The molecule has 0 spiro atoms. The van der Waals surface area contributed by atoms with Crippen LogP contribution in [0.2, 0.25) is 0 Å². The molecule has 0 aliphatic heterocycles. The molecule has 0 aromatic heterocycles. The molecule has 2 N–H and O–H groups in total. The number of rotatable bonds is 8. The Morgan fingerprint density at radius 3 is 2.21 bits per heavy atom. The summed E-state index contributed by atoms with van der Waals surface area (Å²) < 4.78 is 4.83. The Kier molecular flexibility index (Phi) is 7.10. The Labute approximate surface area is 196 Å². The largest absolute Gasteiger partial charge is 0.465 e. The second-order valence-corrected chi connectivity index (χ2v) is 8.90. The minimum absolute atomic E-state index is 0.0567. The van der Waals surface area contributed by atoms with E-state index in [9.17, 15) is 14.4 Å². The third-order valence-electron chi connectivity index (χ3n) is 5.25. The van der Waals surface area contributed by atoms with Gasteiger partial charge in [-0.2, -0.15) is 0 Å². The highest BCUT2D eigenvalue weighted by atomic mass is 32.2. The first-order chi connectivity index (χ1) is 16.0. The fraction of sp³-hybridized carbons (Fsp3) is 0.192. The average molecular weight is 461 g/mol. The van der Waals surface area contributed by atoms with E-state index in [1.54, 1.807) is 24.3 Å². The normalized spacial score (nSPS) is 13.6. The van der Waals surface area contributed by atoms with Gasteiger partial charge in [0.25, 0.3) is 0 Å². The second kappa shape index (κ2) is 10.4. The van der Waals surface area contributed by atoms with Crippen LogP contribution in [0, 0.1) is 5.92 Å². The van der Waals surface area contributed by atoms with Crippen LogP contribution in [0.15, 0.2) is 83.8 Å². The molecule has 3 aromatic carbocycles. The maximum Gasteiger partial charge on any atom is 0.339 e. The van der Waals surface area contributed by atoms with Crippen LogP contribution in [0.5, 0.6) is 0 Å². The average Bonchev–Trinajstić information content (AvgIpc) is 3.70. The fourth-order valence-corrected chi connectivity index (χ4v) is 4.35. The molecule has 1 aliphatic rings. The van der Waals surface area contributed by atoms with Crippen LogP contribution >= 0.6 is 11.8 Å². The van der Waals surface area contributed by atoms with E-state index in [4.69, 9.17) is 4.74 Å². The van der Waals surface area contributed by atoms with Crippen molar-refractivity contribution in [2.24, 2.45) is 5.92 Å². The molecule has 0 heterocycles. The molecule has 2 amide bonds. The van der Waals surface area contributed by atoms with Gasteiger partial charge in [-0.3, -0.25) is 9.59 Å². The summed E-state index contributed by atoms with van der Waals surface area (Å²) in [5.74, 6) is -0.577. The monoisotopic (exact) mass is 460 g/mol. The van der Waals surface area contributed by atoms with Gasteiger partial charge < -0.3 is 15.4 Å². The van der Waals surface area contributed by atoms with E-state index in [1.807, 2.05) is 54.6 Å². The SMILES string of the molecule is COC(=O)c1ccccc1NC(=O)C(Sc1ccc(NC(=O)C2CC2)cc1)c1ccccc1. The van der Waals surface area contributed by atoms with Crippen LogP contribution in [-0.2, 0) is 14.3 Å². The van der Waals surface area contributed by atoms with Crippen molar-refractivity contribution in [1.82, 2.24) is 0 Å². The molecule has 1 atom stereocenters. The molecule has 4 rings (SSSR count). The minimum Gasteiger partial charge on any atom is -0.465 e. The lowest BCUT2D eigenvalue weighted by Crippen LogP contribution is -2.20. The van der Waals surface area contributed by atoms with E-state index in [-0.39, 0.29) is 17.7 Å². The Hall–Kier alpha value is -3.58. The number of benzene rings is 3. The molecule has 3 aromatic rings. The molecule has 1 fully saturated rings. The van der Waals surface area contributed by atoms with E-state index >= 15 is 0 Å². The van der Waals surface area contributed by atoms with E-state index < -0.39 is 11.2 Å². The first-order valence-corrected chi connectivity index (χ1v) is 11.5. The molecule has 6 nitrogen and oxygen atoms in total. The summed E-state index contributed by atoms with van der Waals surface area (Å²) in [7, 11) is 1.31. The minimum atomic E-state index is -0.552. The zero-order chi connectivity index (χ0) is 23.2. The maximum absolute atomic E-state index is 13.3. The van der Waals surface area contributed by atoms with Gasteiger partial charge >= 0.3 is 5.97 Å². The molecular formula is C26H24N2O4S. The number of hydrogen-bond acceptors (Lipinski definition) is 5. The van der Waals surface area contributed by atoms with Crippen LogP contribution in [-0.4, -0.2) is 24.9 Å². The van der Waals surface area contributed by atoms with Gasteiger partial charge in [-0.15, -0.1) is 11.8 Å². The quantitative estimate of drug-likeness (QED) is 0.352. The zero-order valence-corrected chi connectivity index (χ0v) is 18.9. The lowest BCUT2D eigenvalue weighted by molar-refractivity contribution is -0.117. The van der Waals surface area contributed by atoms with Crippen LogP contribution in [0.3, 0.4) is 0 Å². The molecule has 1 unspecified atom stereocenters. The van der Waals surface area contributed by atoms with Crippen LogP contribution in [0.4, 0.5) is 11.4 Å². The van der Waals surface area contributed by atoms with Crippen LogP contribution < -0.4 is 10.6 Å². The summed E-state index contributed by atoms with van der Waals surface area (Å²) in [6, 6.07) is 23.7. The highest BCUT2D eigenvalue weighted by Gasteiger charge is 2.29. The Balaban J connectivity index is 1.53. The summed E-state index contributed by atoms with van der Waals surface area (Å²) in [4.78, 5) is 38.3. The van der Waals surface area contributed by atoms with E-state index in [1.165, 1.54) is 18.9 Å². The molecule has 0 radical (unpaired) electrons. The molecule has 1 aliphatic carbocycles. The zero-order valence-electron chi connectivity index (χ0n) is 18.1. The molecule has 0 bridgehead atoms. The van der Waals surface area contributed by atoms with E-state index in [2.05, 4.69) is 10.6 Å². The third-order valence-corrected chi connectivity index (χ3v) is 6.52. The van der Waals surface area contributed by atoms with Gasteiger partial charge in [-0.1, -0.05) is 42.5 Å². The van der Waals surface area contributed by atoms with Crippen LogP contribution in [0.25, 0.3) is 0 Å². The fourth-order valence-electron chi connectivity index (χ4n) is 3.32. The maximum atomic E-state index is 13.3. The second-order valence-electron chi connectivity index (χ2n) is 7.72. The summed E-state index contributed by atoms with van der Waals surface area (Å²) >= 11 is 1.39. The number of ether oxygens (including phenoxy) is 1. The Bertz CT molecular complexity index is 1140. The number of carbonyl (C=O) groups is 3. The summed E-state index contributed by atoms with van der Waals surface area (Å²) in [6.07, 6.45) is 1.90. The first kappa shape index (κ1) is 22.6. The van der Waals surface area contributed by atoms with Gasteiger partial charge in [-0.25, -0.2) is 4.79 Å². The van der Waals surface area contributed by atoms with E-state index in [0.717, 1.165) is 29.0 Å². The molecular weight excluding hydrogens is 436 g/mol. The van der Waals surface area contributed by atoms with Gasteiger partial charge in [0, 0.05) is 16.5 Å². The molecule has 0 saturated heterocycles. The Morgan fingerprint density at radius 2 is 1.55 bits per heavy atom. The first-order valence-electron chi connectivity index (χ1n) is 10.7. The number of hydrogen-bond donors (Lipinski definition) is 2. The van der Waals surface area contributed by atoms with Gasteiger partial charge in [-0.05, 0) is 54.8 Å². The molecule has 168 valence electrons. The summed E-state index contributed by atoms with van der Waals surface area (Å²) in [6.45, 7) is 0. The predicted molar refractivity (Wildman–Crippen MR) is 129 cm³/mol. The van der Waals surface area contributed by atoms with Crippen LogP contribution in [0.1, 0.15) is 34.0 Å². The summed E-state index contributed by atoms with van der Waals surface area (Å²) in [5, 5.41) is 5.25. The van der Waals surface area contributed by atoms with Crippen molar-refractivity contribution in [2.75, 3.05) is 17.7 Å². The number of methoxy groups -OCH3 is 1. The predicted octanol–water partition coefficient (Wildman–Crippen LogP) is 5.29. The molecule has 1 saturated carbocycles. The number of nitrogens with one attached hydrogen (secondary N) is 2. The topological polar surface area (TPSA) is 84.5 Å². The van der Waals surface area contributed by atoms with Gasteiger partial charge in [0.2, 0.25) is 11.8 Å². The van der Waals surface area contributed by atoms with Crippen molar-refractivity contribution in [1.29, 1.82) is 0 Å². The van der Waals surface area contributed by atoms with Gasteiger partial charge in [0.1, 0.15) is 5.25 Å². The smallest absolute Gasteiger partial charge is 0.339 e. The number of para-hydroxylation sites is 1. The number of amides is 2. The molecule has 33 heavy (non-hydrogen) atoms. The summed E-state index contributed by atoms with van der Waals surface area (Å²) in [5.41, 5.74) is 2.26. The lowest BCUT2D eigenvalue weighted by atomic mass is 10.1. The third kappa shape index (κ3) is 5.81. The van der Waals surface area contributed by atoms with Crippen molar-refractivity contribution in [2.45, 2.75) is 23.0 Å². The van der Waals surface area contributed by atoms with Crippen molar-refractivity contribution in [3.8, 4) is 0 Å². The van der Waals surface area contributed by atoms with Gasteiger partial charge in [0.05, 0.1) is 18.4 Å². The number of esters is 1. The van der Waals surface area contributed by atoms with Gasteiger partial charge in [0.15, 0.2) is 0 Å². The van der Waals surface area contributed by atoms with Crippen molar-refractivity contribution < 1.29 is 19.1 Å². The highest BCUT2D eigenvalue weighted by molar-refractivity contribution is 8.00. The molecule has 7 heteroatoms. The standard InChI is InChI=1S/C26H24N2O4S/c1-32-26(31)21-9-5-6-10-22(21)28-25(30)23(17-7-3-2-4-8-17)33-20-15-13-19(14-16-20)27-24(29)18-11-12-18/h2-10,13-16,18,23H,11-12H2,1H3,(H,27,29)(H,28,30). The van der Waals surface area contributed by atoms with E-state index in [0.29, 0.717) is 11.3 Å². The van der Waals surface area contributed by atoms with Crippen molar-refractivity contribution >= 4 is 40.9 Å². The number of anilines is 2.